The number of ether oxygens (including phenoxy) is 1. The van der Waals surface area contributed by atoms with Crippen molar-refractivity contribution in [2.45, 2.75) is 18.9 Å². The van der Waals surface area contributed by atoms with Crippen LogP contribution in [0.3, 0.4) is 0 Å². The molecule has 3 heterocycles. The first-order valence-electron chi connectivity index (χ1n) is 10.5. The van der Waals surface area contributed by atoms with Gasteiger partial charge in [0.15, 0.2) is 5.82 Å². The molecule has 0 atom stereocenters. The van der Waals surface area contributed by atoms with Gasteiger partial charge in [-0.25, -0.2) is 13.6 Å². The van der Waals surface area contributed by atoms with Gasteiger partial charge in [0.2, 0.25) is 12.3 Å². The number of amides is 1. The Bertz CT molecular complexity index is 1610. The molecule has 0 spiro atoms. The molecule has 1 aliphatic rings. The van der Waals surface area contributed by atoms with E-state index < -0.39 is 17.3 Å². The van der Waals surface area contributed by atoms with E-state index in [2.05, 4.69) is 9.97 Å². The maximum Gasteiger partial charge on any atom is 0.348 e. The summed E-state index contributed by atoms with van der Waals surface area (Å²) < 4.78 is 36.4. The van der Waals surface area contributed by atoms with Gasteiger partial charge in [0.05, 0.1) is 26.2 Å². The molecule has 1 fully saturated rings. The molecule has 178 valence electrons. The van der Waals surface area contributed by atoms with Crippen LogP contribution in [0.2, 0.25) is 5.02 Å². The Morgan fingerprint density at radius 1 is 1.34 bits per heavy atom. The van der Waals surface area contributed by atoms with Crippen molar-refractivity contribution >= 4 is 55.3 Å². The second kappa shape index (κ2) is 8.79. The molecule has 0 radical (unpaired) electrons. The van der Waals surface area contributed by atoms with E-state index in [0.29, 0.717) is 25.9 Å². The number of benzene rings is 2. The molecule has 1 aliphatic heterocycles. The van der Waals surface area contributed by atoms with Gasteiger partial charge in [-0.1, -0.05) is 17.7 Å². The van der Waals surface area contributed by atoms with Crippen LogP contribution in [0.15, 0.2) is 23.0 Å². The van der Waals surface area contributed by atoms with E-state index in [4.69, 9.17) is 22.1 Å². The first-order chi connectivity index (χ1) is 16.8. The molecule has 2 aromatic carbocycles. The number of hydrogen-bond acceptors (Lipinski definition) is 7. The molecule has 12 heteroatoms. The van der Waals surface area contributed by atoms with Crippen LogP contribution in [0.25, 0.3) is 32.1 Å². The van der Waals surface area contributed by atoms with Gasteiger partial charge in [0, 0.05) is 36.9 Å². The molecule has 0 saturated carbocycles. The lowest BCUT2D eigenvalue weighted by Crippen LogP contribution is -2.37. The zero-order valence-electron chi connectivity index (χ0n) is 17.9. The van der Waals surface area contributed by atoms with Gasteiger partial charge in [0.1, 0.15) is 23.0 Å². The number of aromatic amines is 1. The van der Waals surface area contributed by atoms with Crippen molar-refractivity contribution in [3.05, 3.63) is 50.9 Å². The predicted octanol–water partition coefficient (Wildman–Crippen LogP) is 4.19. The minimum absolute atomic E-state index is 0.0176. The fraction of sp³-hybridized carbons (Fsp3) is 0.217. The minimum atomic E-state index is -0.880. The predicted molar refractivity (Wildman–Crippen MR) is 129 cm³/mol. The molecule has 0 aliphatic carbocycles. The lowest BCUT2D eigenvalue weighted by Gasteiger charge is -2.29. The average Bonchev–Trinajstić information content (AvgIpc) is 3.18. The lowest BCUT2D eigenvalue weighted by molar-refractivity contribution is -0.119. The van der Waals surface area contributed by atoms with Gasteiger partial charge < -0.3 is 20.4 Å². The summed E-state index contributed by atoms with van der Waals surface area (Å²) in [4.78, 5) is 31.1. The summed E-state index contributed by atoms with van der Waals surface area (Å²) in [6.07, 6.45) is 1.48. The number of thiophene rings is 1. The van der Waals surface area contributed by atoms with Crippen molar-refractivity contribution in [1.29, 1.82) is 5.26 Å². The Morgan fingerprint density at radius 3 is 2.77 bits per heavy atom. The summed E-state index contributed by atoms with van der Waals surface area (Å²) in [7, 11) is 0. The van der Waals surface area contributed by atoms with E-state index in [1.165, 1.54) is 12.1 Å². The zero-order valence-corrected chi connectivity index (χ0v) is 19.5. The standard InChI is InChI=1S/C23H16ClF2N5O3S/c24-14-7-12-19(29-23(33)30-22(12)34-10-3-5-31(9-32)6-4-10)18(26)17(14)11-1-2-15(25)20-16(11)13(8-27)21(28)35-20/h1-2,7,9-10H,3-6,28H2,(H,29,30,33). The number of nitrogen functional groups attached to an aromatic ring is 1. The lowest BCUT2D eigenvalue weighted by atomic mass is 9.97. The van der Waals surface area contributed by atoms with E-state index in [1.54, 1.807) is 4.90 Å². The highest BCUT2D eigenvalue weighted by atomic mass is 35.5. The summed E-state index contributed by atoms with van der Waals surface area (Å²) in [6.45, 7) is 0.972. The van der Waals surface area contributed by atoms with Gasteiger partial charge in [0.25, 0.3) is 0 Å². The second-order valence-electron chi connectivity index (χ2n) is 8.03. The molecular formula is C23H16ClF2N5O3S. The van der Waals surface area contributed by atoms with Crippen molar-refractivity contribution < 1.29 is 18.3 Å². The SMILES string of the molecule is N#Cc1c(N)sc2c(F)ccc(-c3c(Cl)cc4c(OC5CCN(C=O)CC5)nc(=O)[nH]c4c3F)c12. The van der Waals surface area contributed by atoms with Crippen molar-refractivity contribution in [2.75, 3.05) is 18.8 Å². The number of nitriles is 1. The Kier molecular flexibility index (Phi) is 5.78. The van der Waals surface area contributed by atoms with E-state index in [0.717, 1.165) is 23.8 Å². The highest BCUT2D eigenvalue weighted by molar-refractivity contribution is 7.23. The number of nitrogens with one attached hydrogen (secondary N) is 1. The molecule has 3 N–H and O–H groups in total. The Hall–Kier alpha value is -3.75. The molecule has 2 aromatic heterocycles. The number of anilines is 1. The van der Waals surface area contributed by atoms with Gasteiger partial charge >= 0.3 is 5.69 Å². The summed E-state index contributed by atoms with van der Waals surface area (Å²) in [6, 6.07) is 5.81. The van der Waals surface area contributed by atoms with E-state index in [9.17, 15) is 19.2 Å². The molecule has 8 nitrogen and oxygen atoms in total. The normalized spacial score (nSPS) is 14.4. The first-order valence-corrected chi connectivity index (χ1v) is 11.7. The number of likely N-dealkylation sites (tertiary alicyclic amines) is 1. The average molecular weight is 516 g/mol. The fourth-order valence-electron chi connectivity index (χ4n) is 4.30. The number of nitrogens with zero attached hydrogens (tertiary/aromatic N) is 3. The molecule has 4 aromatic rings. The van der Waals surface area contributed by atoms with Gasteiger partial charge in [-0.15, -0.1) is 11.3 Å². The largest absolute Gasteiger partial charge is 0.474 e. The molecule has 5 rings (SSSR count). The molecule has 1 amide bonds. The Morgan fingerprint density at radius 2 is 2.09 bits per heavy atom. The fourth-order valence-corrected chi connectivity index (χ4v) is 5.54. The number of carbonyl (C=O) groups excluding carboxylic acids is 1. The number of aromatic nitrogens is 2. The monoisotopic (exact) mass is 515 g/mol. The number of nitrogens with two attached hydrogens (primary N) is 1. The molecule has 0 unspecified atom stereocenters. The van der Waals surface area contributed by atoms with Gasteiger partial charge in [-0.3, -0.25) is 4.79 Å². The van der Waals surface area contributed by atoms with Crippen LogP contribution in [-0.4, -0.2) is 40.5 Å². The molecule has 0 bridgehead atoms. The van der Waals surface area contributed by atoms with Crippen LogP contribution < -0.4 is 16.2 Å². The van der Waals surface area contributed by atoms with Crippen LogP contribution in [0.5, 0.6) is 5.88 Å². The zero-order chi connectivity index (χ0) is 24.9. The van der Waals surface area contributed by atoms with Crippen LogP contribution in [-0.2, 0) is 4.79 Å². The highest BCUT2D eigenvalue weighted by Crippen LogP contribution is 2.45. The Labute approximate surface area is 205 Å². The Balaban J connectivity index is 1.68. The smallest absolute Gasteiger partial charge is 0.348 e. The van der Waals surface area contributed by atoms with Gasteiger partial charge in [-0.05, 0) is 17.7 Å². The van der Waals surface area contributed by atoms with E-state index in [1.807, 2.05) is 6.07 Å². The van der Waals surface area contributed by atoms with Crippen LogP contribution in [0.4, 0.5) is 13.8 Å². The van der Waals surface area contributed by atoms with E-state index >= 15 is 4.39 Å². The van der Waals surface area contributed by atoms with Crippen molar-refractivity contribution in [1.82, 2.24) is 14.9 Å². The van der Waals surface area contributed by atoms with Crippen LogP contribution >= 0.6 is 22.9 Å². The number of rotatable bonds is 4. The number of fused-ring (bicyclic) bond motifs is 2. The number of halogens is 3. The summed E-state index contributed by atoms with van der Waals surface area (Å²) in [5, 5.41) is 9.91. The van der Waals surface area contributed by atoms with Gasteiger partial charge in [-0.2, -0.15) is 10.2 Å². The van der Waals surface area contributed by atoms with Crippen LogP contribution in [0.1, 0.15) is 18.4 Å². The van der Waals surface area contributed by atoms with Crippen molar-refractivity contribution in [3.63, 3.8) is 0 Å². The molecule has 35 heavy (non-hydrogen) atoms. The maximum atomic E-state index is 15.9. The van der Waals surface area contributed by atoms with Crippen LogP contribution in [0, 0.1) is 23.0 Å². The van der Waals surface area contributed by atoms with E-state index in [-0.39, 0.29) is 59.7 Å². The quantitative estimate of drug-likeness (QED) is 0.393. The number of piperidine rings is 1. The summed E-state index contributed by atoms with van der Waals surface area (Å²) >= 11 is 7.39. The topological polar surface area (TPSA) is 125 Å². The maximum absolute atomic E-state index is 15.9. The number of H-pyrrole nitrogens is 1. The molecular weight excluding hydrogens is 500 g/mol. The minimum Gasteiger partial charge on any atom is -0.474 e. The summed E-state index contributed by atoms with van der Waals surface area (Å²) in [5.41, 5.74) is 4.94. The first kappa shape index (κ1) is 23.0. The molecule has 1 saturated heterocycles. The summed E-state index contributed by atoms with van der Waals surface area (Å²) in [5.74, 6) is -1.57. The van der Waals surface area contributed by atoms with Crippen molar-refractivity contribution in [3.8, 4) is 23.1 Å². The second-order valence-corrected chi connectivity index (χ2v) is 9.49. The third-order valence-electron chi connectivity index (χ3n) is 5.99. The third-order valence-corrected chi connectivity index (χ3v) is 7.31. The van der Waals surface area contributed by atoms with Crippen molar-refractivity contribution in [2.24, 2.45) is 0 Å². The number of hydrogen-bond donors (Lipinski definition) is 2. The highest BCUT2D eigenvalue weighted by Gasteiger charge is 2.26. The third kappa shape index (κ3) is 3.84. The number of carbonyl (C=O) groups is 1.